The van der Waals surface area contributed by atoms with Crippen LogP contribution in [0.15, 0.2) is 36.4 Å². The summed E-state index contributed by atoms with van der Waals surface area (Å²) < 4.78 is 0.793. The van der Waals surface area contributed by atoms with Crippen LogP contribution in [-0.2, 0) is 0 Å². The van der Waals surface area contributed by atoms with Crippen molar-refractivity contribution in [2.45, 2.75) is 25.4 Å². The minimum absolute atomic E-state index is 0.349. The van der Waals surface area contributed by atoms with E-state index in [1.807, 2.05) is 19.1 Å². The molecule has 1 aliphatic carbocycles. The van der Waals surface area contributed by atoms with Crippen LogP contribution < -0.4 is 0 Å². The summed E-state index contributed by atoms with van der Waals surface area (Å²) in [6.07, 6.45) is 0.700. The van der Waals surface area contributed by atoms with E-state index >= 15 is 0 Å². The first-order valence-electron chi connectivity index (χ1n) is 6.15. The molecule has 3 unspecified atom stereocenters. The van der Waals surface area contributed by atoms with Crippen molar-refractivity contribution in [2.75, 3.05) is 0 Å². The molecule has 1 aromatic carbocycles. The molecule has 0 radical (unpaired) electrons. The van der Waals surface area contributed by atoms with Crippen LogP contribution >= 0.6 is 22.9 Å². The molecule has 0 amide bonds. The summed E-state index contributed by atoms with van der Waals surface area (Å²) >= 11 is 7.56. The smallest absolute Gasteiger partial charge is 0.0961 e. The second kappa shape index (κ2) is 4.69. The number of thiophene rings is 1. The largest absolute Gasteiger partial charge is 0.387 e. The van der Waals surface area contributed by atoms with Gasteiger partial charge in [-0.15, -0.1) is 11.3 Å². The molecule has 1 nitrogen and oxygen atoms in total. The van der Waals surface area contributed by atoms with Gasteiger partial charge in [0.1, 0.15) is 0 Å². The van der Waals surface area contributed by atoms with Gasteiger partial charge in [-0.3, -0.25) is 0 Å². The predicted molar refractivity (Wildman–Crippen MR) is 76.3 cm³/mol. The molecule has 3 rings (SSSR count). The molecule has 1 saturated carbocycles. The van der Waals surface area contributed by atoms with E-state index in [0.29, 0.717) is 11.8 Å². The number of rotatable bonds is 3. The number of halogens is 1. The number of aliphatic hydroxyl groups is 1. The molecule has 1 heterocycles. The first-order chi connectivity index (χ1) is 8.66. The van der Waals surface area contributed by atoms with E-state index in [2.05, 4.69) is 24.3 Å². The molecule has 3 atom stereocenters. The Morgan fingerprint density at radius 2 is 2.06 bits per heavy atom. The van der Waals surface area contributed by atoms with Crippen molar-refractivity contribution in [1.29, 1.82) is 0 Å². The lowest BCUT2D eigenvalue weighted by molar-refractivity contribution is 0.155. The maximum Gasteiger partial charge on any atom is 0.0961 e. The van der Waals surface area contributed by atoms with Crippen molar-refractivity contribution >= 4 is 22.9 Å². The third kappa shape index (κ3) is 2.20. The number of benzene rings is 1. The average Bonchev–Trinajstić information content (AvgIpc) is 3.11. The van der Waals surface area contributed by atoms with Gasteiger partial charge in [-0.1, -0.05) is 41.9 Å². The fourth-order valence-electron chi connectivity index (χ4n) is 2.49. The Morgan fingerprint density at radius 1 is 1.33 bits per heavy atom. The molecule has 0 spiro atoms. The third-order valence-corrected chi connectivity index (χ3v) is 5.27. The highest BCUT2D eigenvalue weighted by Crippen LogP contribution is 2.55. The highest BCUT2D eigenvalue weighted by molar-refractivity contribution is 7.16. The van der Waals surface area contributed by atoms with Gasteiger partial charge in [0, 0.05) is 4.88 Å². The molecule has 3 heteroatoms. The number of aryl methyl sites for hydroxylation is 1. The fraction of sp³-hybridized carbons (Fsp3) is 0.333. The molecule has 2 aromatic rings. The first kappa shape index (κ1) is 12.2. The van der Waals surface area contributed by atoms with Gasteiger partial charge in [-0.05, 0) is 42.4 Å². The monoisotopic (exact) mass is 278 g/mol. The van der Waals surface area contributed by atoms with Crippen molar-refractivity contribution in [3.05, 3.63) is 56.7 Å². The van der Waals surface area contributed by atoms with Gasteiger partial charge >= 0.3 is 0 Å². The molecule has 1 aromatic heterocycles. The summed E-state index contributed by atoms with van der Waals surface area (Å²) in [7, 11) is 0. The van der Waals surface area contributed by atoms with Crippen molar-refractivity contribution in [3.63, 3.8) is 0 Å². The highest BCUT2D eigenvalue weighted by Gasteiger charge is 2.44. The molecular formula is C15H15ClOS. The zero-order valence-electron chi connectivity index (χ0n) is 10.1. The zero-order valence-corrected chi connectivity index (χ0v) is 11.7. The van der Waals surface area contributed by atoms with Gasteiger partial charge in [0.05, 0.1) is 10.4 Å². The van der Waals surface area contributed by atoms with Crippen molar-refractivity contribution in [3.8, 4) is 0 Å². The van der Waals surface area contributed by atoms with Gasteiger partial charge in [0.25, 0.3) is 0 Å². The van der Waals surface area contributed by atoms with E-state index in [0.717, 1.165) is 21.2 Å². The molecule has 1 N–H and O–H groups in total. The molecule has 1 fully saturated rings. The average molecular weight is 279 g/mol. The molecule has 0 saturated heterocycles. The Hall–Kier alpha value is -0.830. The van der Waals surface area contributed by atoms with Gasteiger partial charge in [-0.25, -0.2) is 0 Å². The molecule has 1 aliphatic rings. The number of aliphatic hydroxyl groups excluding tert-OH is 1. The maximum atomic E-state index is 10.4. The summed E-state index contributed by atoms with van der Waals surface area (Å²) in [6, 6.07) is 12.4. The van der Waals surface area contributed by atoms with Crippen LogP contribution in [-0.4, -0.2) is 5.11 Å². The van der Waals surface area contributed by atoms with E-state index in [-0.39, 0.29) is 6.10 Å². The van der Waals surface area contributed by atoms with E-state index < -0.39 is 0 Å². The Morgan fingerprint density at radius 3 is 2.67 bits per heavy atom. The van der Waals surface area contributed by atoms with Crippen LogP contribution in [0.2, 0.25) is 4.34 Å². The van der Waals surface area contributed by atoms with E-state index in [9.17, 15) is 5.11 Å². The zero-order chi connectivity index (χ0) is 12.7. The highest BCUT2D eigenvalue weighted by atomic mass is 35.5. The number of hydrogen-bond donors (Lipinski definition) is 1. The first-order valence-corrected chi connectivity index (χ1v) is 7.35. The molecule has 94 valence electrons. The van der Waals surface area contributed by atoms with Gasteiger partial charge in [0.15, 0.2) is 0 Å². The van der Waals surface area contributed by atoms with Crippen LogP contribution in [0.3, 0.4) is 0 Å². The van der Waals surface area contributed by atoms with Crippen LogP contribution in [0.25, 0.3) is 0 Å². The van der Waals surface area contributed by atoms with Crippen LogP contribution in [0.4, 0.5) is 0 Å². The van der Waals surface area contributed by atoms with E-state index in [4.69, 9.17) is 11.6 Å². The van der Waals surface area contributed by atoms with Gasteiger partial charge in [-0.2, -0.15) is 0 Å². The molecule has 18 heavy (non-hydrogen) atoms. The van der Waals surface area contributed by atoms with E-state index in [1.54, 1.807) is 0 Å². The third-order valence-electron chi connectivity index (χ3n) is 3.64. The Bertz CT molecular complexity index is 529. The van der Waals surface area contributed by atoms with Crippen LogP contribution in [0.5, 0.6) is 0 Å². The van der Waals surface area contributed by atoms with Crippen molar-refractivity contribution in [2.24, 2.45) is 5.92 Å². The summed E-state index contributed by atoms with van der Waals surface area (Å²) in [5.74, 6) is 0.851. The maximum absolute atomic E-state index is 10.4. The predicted octanol–water partition coefficient (Wildman–Crippen LogP) is 4.55. The van der Waals surface area contributed by atoms with Gasteiger partial charge < -0.3 is 5.11 Å². The summed E-state index contributed by atoms with van der Waals surface area (Å²) in [4.78, 5) is 1.00. The second-order valence-corrected chi connectivity index (χ2v) is 6.65. The molecule has 0 bridgehead atoms. The van der Waals surface area contributed by atoms with E-state index in [1.165, 1.54) is 16.9 Å². The fourth-order valence-corrected chi connectivity index (χ4v) is 3.77. The minimum Gasteiger partial charge on any atom is -0.387 e. The van der Waals surface area contributed by atoms with Crippen molar-refractivity contribution < 1.29 is 5.11 Å². The lowest BCUT2D eigenvalue weighted by atomic mass is 10.1. The summed E-state index contributed by atoms with van der Waals surface area (Å²) in [5, 5.41) is 10.4. The summed E-state index contributed by atoms with van der Waals surface area (Å²) in [6.45, 7) is 1.98. The minimum atomic E-state index is -0.369. The Labute approximate surface area is 116 Å². The quantitative estimate of drug-likeness (QED) is 0.873. The Kier molecular flexibility index (Phi) is 3.18. The molecule has 0 aliphatic heterocycles. The molecular weight excluding hydrogens is 264 g/mol. The standard InChI is InChI=1S/C15H15ClOS/c1-9-7-13(18-15(9)16)14(17)12-8-11(12)10-5-3-2-4-6-10/h2-7,11-12,14,17H,8H2,1H3. The summed E-state index contributed by atoms with van der Waals surface area (Å²) in [5.41, 5.74) is 2.40. The Balaban J connectivity index is 1.75. The topological polar surface area (TPSA) is 20.2 Å². The normalized spacial score (nSPS) is 23.9. The van der Waals surface area contributed by atoms with Gasteiger partial charge in [0.2, 0.25) is 0 Å². The van der Waals surface area contributed by atoms with Crippen LogP contribution in [0, 0.1) is 12.8 Å². The second-order valence-electron chi connectivity index (χ2n) is 4.97. The van der Waals surface area contributed by atoms with Crippen molar-refractivity contribution in [1.82, 2.24) is 0 Å². The number of hydrogen-bond acceptors (Lipinski definition) is 2. The SMILES string of the molecule is Cc1cc(C(O)C2CC2c2ccccc2)sc1Cl. The van der Waals surface area contributed by atoms with Crippen LogP contribution in [0.1, 0.15) is 34.4 Å². The lowest BCUT2D eigenvalue weighted by Gasteiger charge is -2.07. The lowest BCUT2D eigenvalue weighted by Crippen LogP contribution is -1.98.